The van der Waals surface area contributed by atoms with E-state index in [-0.39, 0.29) is 17.2 Å². The molecule has 0 aromatic heterocycles. The van der Waals surface area contributed by atoms with Crippen LogP contribution in [0, 0.1) is 20.8 Å². The molecule has 0 saturated heterocycles. The fourth-order valence-corrected chi connectivity index (χ4v) is 3.14. The van der Waals surface area contributed by atoms with Gasteiger partial charge in [-0.25, -0.2) is 0 Å². The van der Waals surface area contributed by atoms with Gasteiger partial charge in [-0.15, -0.1) is 0 Å². The number of carbonyl (C=O) groups excluding carboxylic acids is 1. The van der Waals surface area contributed by atoms with E-state index in [2.05, 4.69) is 61.7 Å². The number of hydrogen-bond acceptors (Lipinski definition) is 1. The molecular formula is C16H20INO. The Labute approximate surface area is 128 Å². The van der Waals surface area contributed by atoms with E-state index < -0.39 is 0 Å². The minimum absolute atomic E-state index is 0.0710. The first-order valence-corrected chi connectivity index (χ1v) is 7.62. The zero-order valence-corrected chi connectivity index (χ0v) is 14.0. The van der Waals surface area contributed by atoms with Crippen molar-refractivity contribution < 1.29 is 4.79 Å². The van der Waals surface area contributed by atoms with E-state index in [0.717, 1.165) is 9.26 Å². The fraction of sp³-hybridized carbons (Fsp3) is 0.438. The minimum Gasteiger partial charge on any atom is -0.325 e. The molecule has 2 nitrogen and oxygen atoms in total. The zero-order valence-electron chi connectivity index (χ0n) is 11.8. The van der Waals surface area contributed by atoms with Crippen molar-refractivity contribution in [3.8, 4) is 0 Å². The molecule has 1 N–H and O–H groups in total. The van der Waals surface area contributed by atoms with E-state index in [1.54, 1.807) is 0 Å². The number of carbonyl (C=O) groups is 1. The molecule has 2 rings (SSSR count). The van der Waals surface area contributed by atoms with E-state index in [4.69, 9.17) is 0 Å². The van der Waals surface area contributed by atoms with Gasteiger partial charge in [0.25, 0.3) is 0 Å². The van der Waals surface area contributed by atoms with Crippen LogP contribution in [-0.2, 0) is 4.79 Å². The smallest absolute Gasteiger partial charge is 0.228 e. The second-order valence-corrected chi connectivity index (χ2v) is 7.20. The third kappa shape index (κ3) is 3.02. The molecule has 1 aliphatic carbocycles. The number of benzene rings is 1. The van der Waals surface area contributed by atoms with Gasteiger partial charge in [0.2, 0.25) is 5.91 Å². The summed E-state index contributed by atoms with van der Waals surface area (Å²) in [4.78, 5) is 12.4. The molecular weight excluding hydrogens is 349 g/mol. The molecule has 102 valence electrons. The van der Waals surface area contributed by atoms with Crippen LogP contribution in [-0.4, -0.2) is 5.91 Å². The fourth-order valence-electron chi connectivity index (χ4n) is 2.62. The van der Waals surface area contributed by atoms with Crippen LogP contribution in [0.3, 0.4) is 0 Å². The highest BCUT2D eigenvalue weighted by Crippen LogP contribution is 2.59. The van der Waals surface area contributed by atoms with Crippen molar-refractivity contribution in [2.24, 2.45) is 17.3 Å². The number of rotatable bonds is 3. The Balaban J connectivity index is 2.10. The SMILES string of the molecule is CC(C)=CC1C(C(=O)Nc2ccccc2I)C1(C)C. The molecule has 0 aliphatic heterocycles. The van der Waals surface area contributed by atoms with Gasteiger partial charge in [0.05, 0.1) is 11.6 Å². The molecule has 1 saturated carbocycles. The highest BCUT2D eigenvalue weighted by molar-refractivity contribution is 14.1. The number of para-hydroxylation sites is 1. The Morgan fingerprint density at radius 2 is 1.95 bits per heavy atom. The summed E-state index contributed by atoms with van der Waals surface area (Å²) in [7, 11) is 0. The third-order valence-electron chi connectivity index (χ3n) is 3.84. The lowest BCUT2D eigenvalue weighted by molar-refractivity contribution is -0.118. The summed E-state index contributed by atoms with van der Waals surface area (Å²) < 4.78 is 1.07. The van der Waals surface area contributed by atoms with E-state index in [1.165, 1.54) is 5.57 Å². The summed E-state index contributed by atoms with van der Waals surface area (Å²) in [5.41, 5.74) is 2.26. The molecule has 0 spiro atoms. The number of anilines is 1. The minimum atomic E-state index is 0.0710. The van der Waals surface area contributed by atoms with Gasteiger partial charge >= 0.3 is 0 Å². The predicted molar refractivity (Wildman–Crippen MR) is 88.0 cm³/mol. The van der Waals surface area contributed by atoms with Gasteiger partial charge in [-0.05, 0) is 59.9 Å². The molecule has 1 aliphatic rings. The Bertz CT molecular complexity index is 529. The van der Waals surface area contributed by atoms with Crippen LogP contribution in [0.15, 0.2) is 35.9 Å². The number of amides is 1. The van der Waals surface area contributed by atoms with Crippen molar-refractivity contribution >= 4 is 34.2 Å². The van der Waals surface area contributed by atoms with E-state index in [0.29, 0.717) is 5.92 Å². The van der Waals surface area contributed by atoms with Gasteiger partial charge in [0, 0.05) is 3.57 Å². The molecule has 19 heavy (non-hydrogen) atoms. The average Bonchev–Trinajstić information content (AvgIpc) is 2.82. The molecule has 3 heteroatoms. The van der Waals surface area contributed by atoms with E-state index in [9.17, 15) is 4.79 Å². The van der Waals surface area contributed by atoms with Gasteiger partial charge in [-0.2, -0.15) is 0 Å². The van der Waals surface area contributed by atoms with Crippen LogP contribution < -0.4 is 5.32 Å². The molecule has 1 fully saturated rings. The van der Waals surface area contributed by atoms with Gasteiger partial charge < -0.3 is 5.32 Å². The second-order valence-electron chi connectivity index (χ2n) is 6.04. The summed E-state index contributed by atoms with van der Waals surface area (Å²) in [6, 6.07) is 7.88. The second kappa shape index (κ2) is 5.27. The van der Waals surface area contributed by atoms with E-state index in [1.807, 2.05) is 24.3 Å². The van der Waals surface area contributed by atoms with Gasteiger partial charge in [0.1, 0.15) is 0 Å². The number of hydrogen-bond donors (Lipinski definition) is 1. The van der Waals surface area contributed by atoms with Crippen LogP contribution in [0.25, 0.3) is 0 Å². The first kappa shape index (κ1) is 14.6. The topological polar surface area (TPSA) is 29.1 Å². The van der Waals surface area contributed by atoms with Crippen molar-refractivity contribution in [3.63, 3.8) is 0 Å². The van der Waals surface area contributed by atoms with Crippen LogP contribution in [0.4, 0.5) is 5.69 Å². The van der Waals surface area contributed by atoms with Crippen molar-refractivity contribution in [2.75, 3.05) is 5.32 Å². The first-order chi connectivity index (χ1) is 8.84. The lowest BCUT2D eigenvalue weighted by Crippen LogP contribution is -2.17. The van der Waals surface area contributed by atoms with Gasteiger partial charge in [-0.3, -0.25) is 4.79 Å². The summed E-state index contributed by atoms with van der Waals surface area (Å²) in [6.07, 6.45) is 2.22. The van der Waals surface area contributed by atoms with Crippen LogP contribution in [0.1, 0.15) is 27.7 Å². The maximum atomic E-state index is 12.4. The Morgan fingerprint density at radius 3 is 2.53 bits per heavy atom. The Morgan fingerprint density at radius 1 is 1.32 bits per heavy atom. The number of allylic oxidation sites excluding steroid dienone is 2. The van der Waals surface area contributed by atoms with Gasteiger partial charge in [-0.1, -0.05) is 37.6 Å². The highest BCUT2D eigenvalue weighted by Gasteiger charge is 2.60. The third-order valence-corrected chi connectivity index (χ3v) is 4.78. The molecule has 0 heterocycles. The molecule has 0 bridgehead atoms. The summed E-state index contributed by atoms with van der Waals surface area (Å²) in [5.74, 6) is 0.578. The molecule has 2 unspecified atom stereocenters. The Hall–Kier alpha value is -0.840. The summed E-state index contributed by atoms with van der Waals surface area (Å²) in [6.45, 7) is 8.50. The molecule has 1 amide bonds. The van der Waals surface area contributed by atoms with Crippen molar-refractivity contribution in [3.05, 3.63) is 39.5 Å². The monoisotopic (exact) mass is 369 g/mol. The van der Waals surface area contributed by atoms with Crippen LogP contribution in [0.2, 0.25) is 0 Å². The quantitative estimate of drug-likeness (QED) is 0.618. The standard InChI is InChI=1S/C16H20INO/c1-10(2)9-11-14(16(11,3)4)15(19)18-13-8-6-5-7-12(13)17/h5-9,11,14H,1-4H3,(H,18,19). The summed E-state index contributed by atoms with van der Waals surface area (Å²) in [5, 5.41) is 3.06. The lowest BCUT2D eigenvalue weighted by atomic mass is 10.1. The molecule has 2 atom stereocenters. The van der Waals surface area contributed by atoms with Crippen molar-refractivity contribution in [2.45, 2.75) is 27.7 Å². The van der Waals surface area contributed by atoms with Crippen LogP contribution >= 0.6 is 22.6 Å². The molecule has 0 radical (unpaired) electrons. The predicted octanol–water partition coefficient (Wildman–Crippen LogP) is 4.47. The van der Waals surface area contributed by atoms with E-state index >= 15 is 0 Å². The zero-order chi connectivity index (χ0) is 14.2. The highest BCUT2D eigenvalue weighted by atomic mass is 127. The largest absolute Gasteiger partial charge is 0.325 e. The first-order valence-electron chi connectivity index (χ1n) is 6.54. The Kier molecular flexibility index (Phi) is 4.04. The maximum Gasteiger partial charge on any atom is 0.228 e. The van der Waals surface area contributed by atoms with Crippen molar-refractivity contribution in [1.29, 1.82) is 0 Å². The molecule has 1 aromatic rings. The maximum absolute atomic E-state index is 12.4. The normalized spacial score (nSPS) is 23.6. The van der Waals surface area contributed by atoms with Crippen LogP contribution in [0.5, 0.6) is 0 Å². The average molecular weight is 369 g/mol. The number of halogens is 1. The lowest BCUT2D eigenvalue weighted by Gasteiger charge is -2.07. The number of nitrogens with one attached hydrogen (secondary N) is 1. The summed E-state index contributed by atoms with van der Waals surface area (Å²) >= 11 is 2.24. The van der Waals surface area contributed by atoms with Crippen molar-refractivity contribution in [1.82, 2.24) is 0 Å². The van der Waals surface area contributed by atoms with Gasteiger partial charge in [0.15, 0.2) is 0 Å². The molecule has 1 aromatic carbocycles.